The lowest BCUT2D eigenvalue weighted by Gasteiger charge is -2.29. The van der Waals surface area contributed by atoms with Crippen LogP contribution in [0.4, 0.5) is 28.8 Å². The Labute approximate surface area is 269 Å². The highest BCUT2D eigenvalue weighted by Crippen LogP contribution is 2.40. The molecule has 1 aromatic heterocycles. The third kappa shape index (κ3) is 7.90. The molecule has 1 aliphatic rings. The first-order valence-electron chi connectivity index (χ1n) is 14.1. The van der Waals surface area contributed by atoms with Crippen LogP contribution < -0.4 is 15.5 Å². The quantitative estimate of drug-likeness (QED) is 0.152. The maximum absolute atomic E-state index is 13.9. The summed E-state index contributed by atoms with van der Waals surface area (Å²) in [6.07, 6.45) is 2.17. The van der Waals surface area contributed by atoms with Gasteiger partial charge in [-0.1, -0.05) is 69.8 Å². The Balaban J connectivity index is 1.43. The maximum atomic E-state index is 13.9. The first-order valence-corrected chi connectivity index (χ1v) is 15.7. The molecule has 1 atom stereocenters. The van der Waals surface area contributed by atoms with Crippen LogP contribution in [-0.2, 0) is 17.5 Å². The highest BCUT2D eigenvalue weighted by molar-refractivity contribution is 9.10. The highest BCUT2D eigenvalue weighted by atomic mass is 79.9. The maximum Gasteiger partial charge on any atom is 0.417 e. The lowest BCUT2D eigenvalue weighted by atomic mass is 9.86. The average molecular weight is 702 g/mol. The molecule has 0 fully saturated rings. The SMILES string of the molecule is O=C(O)CCNC(=O)c1ccc(CN(C(=O)Nc2nc3cc(C(F)(F)F)c(Br)cc3s2)c2ccccc2C2CC=CCC2)cc1. The number of allylic oxidation sites excluding steroid dienone is 2. The molecule has 3 aromatic carbocycles. The standard InChI is InChI=1S/C32H28BrF3N4O4S/c33-24-17-27-25(16-23(24)32(34,35)36)38-30(45-27)39-31(44)40(26-9-5-4-8-22(26)20-6-2-1-3-7-20)18-19-10-12-21(13-11-19)29(43)37-15-14-28(41)42/h1-2,4-5,8-13,16-17,20H,3,6-7,14-15,18H2,(H,37,43)(H,41,42)(H,38,39,44). The number of alkyl halides is 3. The molecular weight excluding hydrogens is 673 g/mol. The van der Waals surface area contributed by atoms with Crippen LogP contribution in [0.25, 0.3) is 10.2 Å². The topological polar surface area (TPSA) is 112 Å². The van der Waals surface area contributed by atoms with E-state index < -0.39 is 29.6 Å². The Morgan fingerprint density at radius 3 is 2.51 bits per heavy atom. The first-order chi connectivity index (χ1) is 21.5. The molecule has 0 saturated carbocycles. The van der Waals surface area contributed by atoms with Crippen molar-refractivity contribution in [2.24, 2.45) is 0 Å². The number of benzene rings is 3. The summed E-state index contributed by atoms with van der Waals surface area (Å²) in [6, 6.07) is 16.0. The molecule has 0 bridgehead atoms. The van der Waals surface area contributed by atoms with Crippen LogP contribution in [-0.4, -0.2) is 34.5 Å². The number of carboxylic acids is 1. The van der Waals surface area contributed by atoms with E-state index in [4.69, 9.17) is 5.11 Å². The zero-order valence-electron chi connectivity index (χ0n) is 23.7. The van der Waals surface area contributed by atoms with Gasteiger partial charge in [0.1, 0.15) is 0 Å². The molecule has 1 heterocycles. The fourth-order valence-electron chi connectivity index (χ4n) is 5.13. The molecule has 1 unspecified atom stereocenters. The van der Waals surface area contributed by atoms with Gasteiger partial charge in [-0.2, -0.15) is 13.2 Å². The summed E-state index contributed by atoms with van der Waals surface area (Å²) in [5, 5.41) is 14.3. The predicted molar refractivity (Wildman–Crippen MR) is 171 cm³/mol. The number of hydrogen-bond donors (Lipinski definition) is 3. The summed E-state index contributed by atoms with van der Waals surface area (Å²) >= 11 is 4.06. The number of anilines is 2. The van der Waals surface area contributed by atoms with Crippen molar-refractivity contribution in [2.45, 2.75) is 44.3 Å². The largest absolute Gasteiger partial charge is 0.481 e. The number of carbonyl (C=O) groups is 3. The first kappa shape index (κ1) is 32.2. The van der Waals surface area contributed by atoms with E-state index in [1.54, 1.807) is 29.2 Å². The monoisotopic (exact) mass is 700 g/mol. The molecule has 5 rings (SSSR count). The smallest absolute Gasteiger partial charge is 0.417 e. The van der Waals surface area contributed by atoms with E-state index in [1.165, 1.54) is 6.07 Å². The molecule has 4 aromatic rings. The van der Waals surface area contributed by atoms with Crippen LogP contribution in [0.15, 0.2) is 77.3 Å². The number of carbonyl (C=O) groups excluding carboxylic acids is 2. The number of carboxylic acid groups (broad SMARTS) is 1. The van der Waals surface area contributed by atoms with Crippen LogP contribution in [0.1, 0.15) is 58.6 Å². The minimum absolute atomic E-state index is 0.00273. The second-order valence-corrected chi connectivity index (χ2v) is 12.4. The van der Waals surface area contributed by atoms with E-state index in [0.717, 1.165) is 42.2 Å². The number of halogens is 4. The van der Waals surface area contributed by atoms with Crippen molar-refractivity contribution < 1.29 is 32.7 Å². The summed E-state index contributed by atoms with van der Waals surface area (Å²) in [5.74, 6) is -1.23. The molecule has 0 aliphatic heterocycles. The number of urea groups is 1. The van der Waals surface area contributed by atoms with Crippen molar-refractivity contribution in [3.63, 3.8) is 0 Å². The summed E-state index contributed by atoms with van der Waals surface area (Å²) in [7, 11) is 0. The number of nitrogens with zero attached hydrogens (tertiary/aromatic N) is 2. The van der Waals surface area contributed by atoms with Crippen molar-refractivity contribution in [3.8, 4) is 0 Å². The van der Waals surface area contributed by atoms with Crippen molar-refractivity contribution in [1.82, 2.24) is 10.3 Å². The number of aliphatic carboxylic acids is 1. The predicted octanol–water partition coefficient (Wildman–Crippen LogP) is 8.34. The van der Waals surface area contributed by atoms with Crippen LogP contribution in [0.5, 0.6) is 0 Å². The number of aromatic nitrogens is 1. The number of nitrogens with one attached hydrogen (secondary N) is 2. The molecular formula is C32H28BrF3N4O4S. The van der Waals surface area contributed by atoms with E-state index in [1.807, 2.05) is 24.3 Å². The van der Waals surface area contributed by atoms with E-state index in [0.29, 0.717) is 21.5 Å². The zero-order valence-corrected chi connectivity index (χ0v) is 26.1. The van der Waals surface area contributed by atoms with E-state index in [2.05, 4.69) is 43.7 Å². The number of fused-ring (bicyclic) bond motifs is 1. The fourth-order valence-corrected chi connectivity index (χ4v) is 6.73. The molecule has 1 aliphatic carbocycles. The summed E-state index contributed by atoms with van der Waals surface area (Å²) in [6.45, 7) is 0.123. The van der Waals surface area contributed by atoms with Gasteiger partial charge in [0.25, 0.3) is 5.91 Å². The molecule has 0 saturated heterocycles. The molecule has 3 N–H and O–H groups in total. The van der Waals surface area contributed by atoms with Gasteiger partial charge in [-0.3, -0.25) is 19.8 Å². The van der Waals surface area contributed by atoms with Gasteiger partial charge >= 0.3 is 18.2 Å². The second-order valence-electron chi connectivity index (χ2n) is 10.5. The fraction of sp³-hybridized carbons (Fsp3) is 0.250. The van der Waals surface area contributed by atoms with Gasteiger partial charge in [-0.25, -0.2) is 9.78 Å². The Morgan fingerprint density at radius 1 is 1.07 bits per heavy atom. The van der Waals surface area contributed by atoms with E-state index in [-0.39, 0.29) is 40.5 Å². The van der Waals surface area contributed by atoms with Crippen molar-refractivity contribution in [2.75, 3.05) is 16.8 Å². The molecule has 0 spiro atoms. The minimum Gasteiger partial charge on any atom is -0.481 e. The number of thiazole rings is 1. The molecule has 45 heavy (non-hydrogen) atoms. The van der Waals surface area contributed by atoms with E-state index in [9.17, 15) is 27.6 Å². The summed E-state index contributed by atoms with van der Waals surface area (Å²) < 4.78 is 40.7. The van der Waals surface area contributed by atoms with Crippen LogP contribution >= 0.6 is 27.3 Å². The average Bonchev–Trinajstić information content (AvgIpc) is 3.40. The normalized spacial score (nSPS) is 14.7. The summed E-state index contributed by atoms with van der Waals surface area (Å²) in [5.41, 5.74) is 2.00. The third-order valence-corrected chi connectivity index (χ3v) is 8.95. The number of amides is 3. The van der Waals surface area contributed by atoms with Crippen molar-refractivity contribution in [3.05, 3.63) is 99.5 Å². The Hall–Kier alpha value is -4.23. The molecule has 8 nitrogen and oxygen atoms in total. The molecule has 3 amide bonds. The molecule has 13 heteroatoms. The number of hydrogen-bond acceptors (Lipinski definition) is 5. The van der Waals surface area contributed by atoms with Crippen molar-refractivity contribution in [1.29, 1.82) is 0 Å². The van der Waals surface area contributed by atoms with Gasteiger partial charge < -0.3 is 10.4 Å². The lowest BCUT2D eigenvalue weighted by Crippen LogP contribution is -2.35. The third-order valence-electron chi connectivity index (χ3n) is 7.36. The van der Waals surface area contributed by atoms with Crippen LogP contribution in [0.2, 0.25) is 0 Å². The second kappa shape index (κ2) is 13.8. The Morgan fingerprint density at radius 2 is 1.82 bits per heavy atom. The van der Waals surface area contributed by atoms with E-state index >= 15 is 0 Å². The van der Waals surface area contributed by atoms with Gasteiger partial charge in [0.15, 0.2) is 5.13 Å². The van der Waals surface area contributed by atoms with Gasteiger partial charge in [-0.15, -0.1) is 0 Å². The van der Waals surface area contributed by atoms with Gasteiger partial charge in [0.2, 0.25) is 0 Å². The number of para-hydroxylation sites is 1. The molecule has 234 valence electrons. The summed E-state index contributed by atoms with van der Waals surface area (Å²) in [4.78, 5) is 43.0. The van der Waals surface area contributed by atoms with Gasteiger partial charge in [0, 0.05) is 22.3 Å². The van der Waals surface area contributed by atoms with Crippen LogP contribution in [0.3, 0.4) is 0 Å². The lowest BCUT2D eigenvalue weighted by molar-refractivity contribution is -0.138. The molecule has 0 radical (unpaired) electrons. The number of rotatable bonds is 9. The van der Waals surface area contributed by atoms with Gasteiger partial charge in [0.05, 0.1) is 28.7 Å². The Kier molecular flexibility index (Phi) is 9.88. The van der Waals surface area contributed by atoms with Crippen molar-refractivity contribution >= 4 is 66.2 Å². The Bertz CT molecular complexity index is 1760. The zero-order chi connectivity index (χ0) is 32.1. The van der Waals surface area contributed by atoms with Gasteiger partial charge in [-0.05, 0) is 66.6 Å². The van der Waals surface area contributed by atoms with Crippen LogP contribution in [0, 0.1) is 0 Å². The minimum atomic E-state index is -4.57. The highest BCUT2D eigenvalue weighted by Gasteiger charge is 2.34.